The summed E-state index contributed by atoms with van der Waals surface area (Å²) >= 11 is 0.655. The van der Waals surface area contributed by atoms with E-state index in [0.717, 1.165) is 4.90 Å². The summed E-state index contributed by atoms with van der Waals surface area (Å²) in [5.41, 5.74) is 0.431. The van der Waals surface area contributed by atoms with Crippen molar-refractivity contribution in [2.24, 2.45) is 0 Å². The van der Waals surface area contributed by atoms with Crippen LogP contribution in [-0.4, -0.2) is 52.8 Å². The van der Waals surface area contributed by atoms with Crippen molar-refractivity contribution < 1.29 is 38.1 Å². The van der Waals surface area contributed by atoms with E-state index in [9.17, 15) is 23.6 Å². The largest absolute Gasteiger partial charge is 0.493 e. The van der Waals surface area contributed by atoms with Crippen LogP contribution in [-0.2, 0) is 14.4 Å². The number of amides is 3. The van der Waals surface area contributed by atoms with Gasteiger partial charge in [0.25, 0.3) is 11.1 Å². The Hall–Kier alpha value is -3.86. The molecule has 0 aromatic heterocycles. The zero-order valence-electron chi connectivity index (χ0n) is 17.5. The van der Waals surface area contributed by atoms with Crippen molar-refractivity contribution in [3.05, 3.63) is 58.8 Å². The summed E-state index contributed by atoms with van der Waals surface area (Å²) in [6.45, 7) is 0.799. The second-order valence-electron chi connectivity index (χ2n) is 6.80. The topological polar surface area (TPSA) is 122 Å². The van der Waals surface area contributed by atoms with Crippen molar-refractivity contribution in [2.75, 3.05) is 19.0 Å². The predicted molar refractivity (Wildman–Crippen MR) is 118 cm³/mol. The van der Waals surface area contributed by atoms with Crippen molar-refractivity contribution in [3.63, 3.8) is 0 Å². The number of hydrogen-bond donors (Lipinski definition) is 2. The number of carboxylic acid groups (broad SMARTS) is 1. The van der Waals surface area contributed by atoms with Gasteiger partial charge in [-0.15, -0.1) is 0 Å². The van der Waals surface area contributed by atoms with Gasteiger partial charge in [-0.1, -0.05) is 18.2 Å². The molecule has 1 heterocycles. The van der Waals surface area contributed by atoms with Gasteiger partial charge in [-0.3, -0.25) is 19.3 Å². The highest BCUT2D eigenvalue weighted by Crippen LogP contribution is 2.34. The number of hydrogen-bond acceptors (Lipinski definition) is 7. The molecule has 1 aliphatic rings. The van der Waals surface area contributed by atoms with Crippen LogP contribution >= 0.6 is 11.8 Å². The summed E-state index contributed by atoms with van der Waals surface area (Å²) < 4.78 is 24.2. The van der Waals surface area contributed by atoms with Crippen molar-refractivity contribution >= 4 is 46.5 Å². The van der Waals surface area contributed by atoms with E-state index in [4.69, 9.17) is 14.6 Å². The Kier molecular flexibility index (Phi) is 7.34. The van der Waals surface area contributed by atoms with Crippen molar-refractivity contribution in [1.29, 1.82) is 0 Å². The molecule has 2 N–H and O–H groups in total. The van der Waals surface area contributed by atoms with Gasteiger partial charge in [-0.25, -0.2) is 9.18 Å². The minimum atomic E-state index is -1.14. The second kappa shape index (κ2) is 10.2. The molecule has 1 saturated heterocycles. The van der Waals surface area contributed by atoms with Crippen LogP contribution in [0.1, 0.15) is 12.5 Å². The van der Waals surface area contributed by atoms with Crippen LogP contribution in [0.3, 0.4) is 0 Å². The van der Waals surface area contributed by atoms with Crippen LogP contribution in [0.4, 0.5) is 14.9 Å². The van der Waals surface area contributed by atoms with E-state index in [1.54, 1.807) is 6.07 Å². The van der Waals surface area contributed by atoms with Crippen LogP contribution < -0.4 is 14.8 Å². The molecule has 3 amide bonds. The van der Waals surface area contributed by atoms with Gasteiger partial charge in [0, 0.05) is 0 Å². The minimum Gasteiger partial charge on any atom is -0.493 e. The Balaban J connectivity index is 1.73. The number of methoxy groups -OCH3 is 1. The maximum absolute atomic E-state index is 13.7. The molecular weight excluding hydrogens is 455 g/mol. The number of rotatable bonds is 8. The Morgan fingerprint density at radius 1 is 1.21 bits per heavy atom. The fraction of sp³-hybridized carbons (Fsp3) is 0.182. The first-order valence-corrected chi connectivity index (χ1v) is 10.4. The number of imide groups is 1. The van der Waals surface area contributed by atoms with Crippen LogP contribution in [0.15, 0.2) is 47.4 Å². The molecule has 1 atom stereocenters. The average Bonchev–Trinajstić information content (AvgIpc) is 3.03. The molecule has 0 unspecified atom stereocenters. The van der Waals surface area contributed by atoms with E-state index in [2.05, 4.69) is 5.32 Å². The third-order valence-corrected chi connectivity index (χ3v) is 5.37. The molecular formula is C22H19FN2O7S. The monoisotopic (exact) mass is 474 g/mol. The summed E-state index contributed by atoms with van der Waals surface area (Å²) in [6, 6.07) is 10.1. The molecule has 1 aliphatic heterocycles. The molecule has 0 saturated carbocycles. The number of thioether (sulfide) groups is 1. The van der Waals surface area contributed by atoms with Gasteiger partial charge < -0.3 is 19.9 Å². The number of carbonyl (C=O) groups is 4. The third kappa shape index (κ3) is 5.69. The molecule has 2 aromatic rings. The molecule has 2 aromatic carbocycles. The van der Waals surface area contributed by atoms with Crippen molar-refractivity contribution in [1.82, 2.24) is 4.90 Å². The van der Waals surface area contributed by atoms with Crippen LogP contribution in [0.5, 0.6) is 11.5 Å². The second-order valence-corrected chi connectivity index (χ2v) is 7.80. The fourth-order valence-electron chi connectivity index (χ4n) is 2.80. The highest BCUT2D eigenvalue weighted by Gasteiger charge is 2.36. The molecule has 0 radical (unpaired) electrons. The van der Waals surface area contributed by atoms with E-state index in [1.165, 1.54) is 56.5 Å². The van der Waals surface area contributed by atoms with Gasteiger partial charge >= 0.3 is 5.97 Å². The lowest BCUT2D eigenvalue weighted by Crippen LogP contribution is -2.36. The van der Waals surface area contributed by atoms with Gasteiger partial charge in [0.05, 0.1) is 17.7 Å². The quantitative estimate of drug-likeness (QED) is 0.559. The van der Waals surface area contributed by atoms with Gasteiger partial charge in [-0.05, 0) is 54.6 Å². The molecule has 172 valence electrons. The molecule has 11 heteroatoms. The lowest BCUT2D eigenvalue weighted by Gasteiger charge is -2.14. The first-order chi connectivity index (χ1) is 15.7. The van der Waals surface area contributed by atoms with Gasteiger partial charge in [0.2, 0.25) is 5.91 Å². The van der Waals surface area contributed by atoms with E-state index >= 15 is 0 Å². The van der Waals surface area contributed by atoms with Gasteiger partial charge in [0.15, 0.2) is 17.6 Å². The Labute approximate surface area is 192 Å². The first-order valence-electron chi connectivity index (χ1n) is 9.57. The number of nitrogens with one attached hydrogen (secondary N) is 1. The number of benzene rings is 2. The summed E-state index contributed by atoms with van der Waals surface area (Å²) in [6.07, 6.45) is 0.337. The zero-order valence-corrected chi connectivity index (χ0v) is 18.3. The van der Waals surface area contributed by atoms with Crippen molar-refractivity contribution in [2.45, 2.75) is 13.0 Å². The van der Waals surface area contributed by atoms with E-state index in [0.29, 0.717) is 17.3 Å². The van der Waals surface area contributed by atoms with Crippen LogP contribution in [0.2, 0.25) is 0 Å². The molecule has 3 rings (SSSR count). The molecule has 0 spiro atoms. The number of carbonyl (C=O) groups excluding carboxylic acids is 3. The van der Waals surface area contributed by atoms with E-state index in [1.807, 2.05) is 0 Å². The van der Waals surface area contributed by atoms with E-state index < -0.39 is 41.5 Å². The Bertz CT molecular complexity index is 1150. The fourth-order valence-corrected chi connectivity index (χ4v) is 3.63. The smallest absolute Gasteiger partial charge is 0.344 e. The lowest BCUT2D eigenvalue weighted by atomic mass is 10.1. The van der Waals surface area contributed by atoms with Gasteiger partial charge in [-0.2, -0.15) is 0 Å². The Morgan fingerprint density at radius 3 is 2.61 bits per heavy atom. The predicted octanol–water partition coefficient (Wildman–Crippen LogP) is 3.36. The number of carboxylic acids is 1. The number of nitrogens with zero attached hydrogens (tertiary/aromatic N) is 1. The first kappa shape index (κ1) is 23.8. The normalized spacial score (nSPS) is 15.5. The maximum Gasteiger partial charge on any atom is 0.344 e. The number of para-hydroxylation sites is 1. The lowest BCUT2D eigenvalue weighted by molar-refractivity contribution is -0.144. The van der Waals surface area contributed by atoms with E-state index in [-0.39, 0.29) is 22.1 Å². The van der Waals surface area contributed by atoms with Crippen molar-refractivity contribution in [3.8, 4) is 11.5 Å². The molecule has 33 heavy (non-hydrogen) atoms. The third-order valence-electron chi connectivity index (χ3n) is 4.46. The molecule has 0 bridgehead atoms. The average molecular weight is 474 g/mol. The highest BCUT2D eigenvalue weighted by molar-refractivity contribution is 8.18. The standard InChI is InChI=1S/C22H19FN2O7S/c1-12(21(28)29)32-16-8-7-13(9-17(16)31-2)10-18-20(27)25(22(30)33-18)11-19(26)24-15-6-4-3-5-14(15)23/h3-10,12H,11H2,1-2H3,(H,24,26)(H,28,29)/b18-10+/t12-/m1/s1. The number of halogens is 1. The summed E-state index contributed by atoms with van der Waals surface area (Å²) in [5, 5.41) is 10.7. The SMILES string of the molecule is COc1cc(/C=C2/SC(=O)N(CC(=O)Nc3ccccc3F)C2=O)ccc1O[C@H](C)C(=O)O. The zero-order chi connectivity index (χ0) is 24.1. The number of ether oxygens (including phenoxy) is 2. The Morgan fingerprint density at radius 2 is 1.94 bits per heavy atom. The number of anilines is 1. The summed E-state index contributed by atoms with van der Waals surface area (Å²) in [7, 11) is 1.37. The summed E-state index contributed by atoms with van der Waals surface area (Å²) in [4.78, 5) is 49.0. The maximum atomic E-state index is 13.7. The molecule has 1 fully saturated rings. The minimum absolute atomic E-state index is 0.0587. The highest BCUT2D eigenvalue weighted by atomic mass is 32.2. The summed E-state index contributed by atoms with van der Waals surface area (Å²) in [5.74, 6) is -2.75. The van der Waals surface area contributed by atoms with Crippen LogP contribution in [0, 0.1) is 5.82 Å². The van der Waals surface area contributed by atoms with Crippen LogP contribution in [0.25, 0.3) is 6.08 Å². The van der Waals surface area contributed by atoms with Gasteiger partial charge in [0.1, 0.15) is 12.4 Å². The number of aliphatic carboxylic acids is 1. The molecule has 0 aliphatic carbocycles. The molecule has 9 nitrogen and oxygen atoms in total.